The van der Waals surface area contributed by atoms with Crippen LogP contribution in [0.5, 0.6) is 0 Å². The number of carbonyl (C=O) groups excluding carboxylic acids is 9. The molecule has 2 aromatic heterocycles. The fraction of sp³-hybridized carbons (Fsp3) is 0.704. The SMILES string of the molecule is CCC(C)C(C(CC(=O)N1CCCC1C(OC)C(C)C(=O)NC(Cc1ccccc1)C(=O)O)OC)N(C)C(=O)C(CC(=O)C(C(C)C)N(C)C(=O)CCCCCNC(=O)C(COC=O)SCCNC(=O)CCNC(=O)C(O)C(C)(C)COP(=O)(O)OP(=O)(O)OCC1OC(n2cnc3c(N)ncnc32)C(O)C1OP(=O)(O)O)C(C)C. The Hall–Kier alpha value is -7.01. The van der Waals surface area contributed by atoms with E-state index >= 15 is 0 Å². The lowest BCUT2D eigenvalue weighted by Crippen LogP contribution is -2.55. The Balaban J connectivity index is 1.02. The number of nitrogens with one attached hydrogen (secondary N) is 4. The third-order valence-corrected chi connectivity index (χ3v) is 24.6. The second-order valence-electron chi connectivity index (χ2n) is 29.9. The van der Waals surface area contributed by atoms with Crippen molar-refractivity contribution in [2.24, 2.45) is 35.0 Å². The number of rotatable bonds is 52. The van der Waals surface area contributed by atoms with Gasteiger partial charge in [0.05, 0.1) is 62.2 Å². The number of nitrogen functional groups attached to an aromatic ring is 1. The van der Waals surface area contributed by atoms with Crippen LogP contribution >= 0.6 is 35.2 Å². The number of imidazole rings is 1. The first-order valence-corrected chi connectivity index (χ1v) is 43.3. The highest BCUT2D eigenvalue weighted by molar-refractivity contribution is 8.00. The fourth-order valence-electron chi connectivity index (χ4n) is 13.8. The number of unbranched alkanes of at least 4 members (excludes halogenated alkanes) is 2. The number of likely N-dealkylation sites (N-methyl/N-ethyl adjacent to an activating group) is 2. The molecule has 1 aromatic carbocycles. The maximum Gasteiger partial charge on any atom is 0.481 e. The van der Waals surface area contributed by atoms with Crippen LogP contribution in [-0.4, -0.2) is 275 Å². The number of carbonyl (C=O) groups is 10. The molecular weight excluding hydrogens is 1590 g/mol. The van der Waals surface area contributed by atoms with Gasteiger partial charge in [0.25, 0.3) is 6.47 Å². The lowest BCUT2D eigenvalue weighted by molar-refractivity contribution is -0.150. The molecule has 115 heavy (non-hydrogen) atoms. The number of Topliss-reactive ketones (excluding diaryl/α,β-unsaturated/α-hetero) is 1. The predicted molar refractivity (Wildman–Crippen MR) is 415 cm³/mol. The highest BCUT2D eigenvalue weighted by atomic mass is 32.2. The number of nitrogens with two attached hydrogens (primary N) is 1. The van der Waals surface area contributed by atoms with Crippen LogP contribution in [0.15, 0.2) is 43.0 Å². The van der Waals surface area contributed by atoms with E-state index in [1.165, 1.54) is 33.0 Å². The van der Waals surface area contributed by atoms with Crippen LogP contribution in [-0.2, 0) is 105 Å². The molecule has 5 rings (SSSR count). The molecule has 0 bridgehead atoms. The average molecular weight is 1710 g/mol. The van der Waals surface area contributed by atoms with Gasteiger partial charge in [-0.05, 0) is 49.0 Å². The van der Waals surface area contributed by atoms with Crippen LogP contribution in [0.4, 0.5) is 5.82 Å². The molecule has 2 fully saturated rings. The van der Waals surface area contributed by atoms with E-state index in [9.17, 15) is 96.5 Å². The number of aliphatic hydroxyl groups is 2. The molecule has 3 aromatic rings. The molecule has 0 radical (unpaired) electrons. The second kappa shape index (κ2) is 45.8. The smallest absolute Gasteiger partial charge is 0.480 e. The van der Waals surface area contributed by atoms with Gasteiger partial charge in [0, 0.05) is 97.3 Å². The Morgan fingerprint density at radius 2 is 1.50 bits per heavy atom. The summed E-state index contributed by atoms with van der Waals surface area (Å²) in [6, 6.07) is 5.71. The first-order chi connectivity index (χ1) is 53.9. The molecule has 0 saturated carbocycles. The number of likely N-dealkylation sites (tertiary alicyclic amines) is 1. The minimum absolute atomic E-state index is 0.00118. The highest BCUT2D eigenvalue weighted by Gasteiger charge is 2.51. The molecule has 17 unspecified atom stereocenters. The van der Waals surface area contributed by atoms with E-state index in [1.807, 2.05) is 47.6 Å². The number of carboxylic acid groups (broad SMARTS) is 1. The number of hydrogen-bond acceptors (Lipinski definition) is 28. The maximum absolute atomic E-state index is 14.9. The number of ether oxygens (including phenoxy) is 4. The van der Waals surface area contributed by atoms with Crippen molar-refractivity contribution in [1.82, 2.24) is 55.5 Å². The largest absolute Gasteiger partial charge is 0.481 e. The molecule has 44 heteroatoms. The van der Waals surface area contributed by atoms with Gasteiger partial charge in [0.1, 0.15) is 54.2 Å². The lowest BCUT2D eigenvalue weighted by atomic mass is 9.83. The van der Waals surface area contributed by atoms with E-state index in [-0.39, 0.29) is 129 Å². The van der Waals surface area contributed by atoms with Crippen LogP contribution in [0.1, 0.15) is 138 Å². The van der Waals surface area contributed by atoms with E-state index < -0.39 is 156 Å². The molecule has 0 spiro atoms. The van der Waals surface area contributed by atoms with Gasteiger partial charge in [-0.3, -0.25) is 61.3 Å². The zero-order valence-electron chi connectivity index (χ0n) is 67.0. The van der Waals surface area contributed by atoms with Crippen LogP contribution < -0.4 is 27.0 Å². The summed E-state index contributed by atoms with van der Waals surface area (Å²) in [6.07, 6.45) is -6.03. The maximum atomic E-state index is 14.9. The van der Waals surface area contributed by atoms with Crippen molar-refractivity contribution < 1.29 is 133 Å². The minimum Gasteiger partial charge on any atom is -0.480 e. The van der Waals surface area contributed by atoms with E-state index in [0.717, 1.165) is 34.5 Å². The van der Waals surface area contributed by atoms with Crippen molar-refractivity contribution in [3.05, 3.63) is 48.5 Å². The topological polar surface area (TPSA) is 565 Å². The number of anilines is 1. The highest BCUT2D eigenvalue weighted by Crippen LogP contribution is 2.61. The molecule has 0 aliphatic carbocycles. The second-order valence-corrected chi connectivity index (χ2v) is 35.4. The van der Waals surface area contributed by atoms with Gasteiger partial charge in [-0.15, -0.1) is 11.8 Å². The van der Waals surface area contributed by atoms with Crippen molar-refractivity contribution >= 4 is 112 Å². The van der Waals surface area contributed by atoms with Gasteiger partial charge < -0.3 is 95.5 Å². The van der Waals surface area contributed by atoms with Gasteiger partial charge in [-0.2, -0.15) is 4.31 Å². The number of fused-ring (bicyclic) bond motifs is 1. The van der Waals surface area contributed by atoms with Gasteiger partial charge in [0.15, 0.2) is 23.5 Å². The summed E-state index contributed by atoms with van der Waals surface area (Å²) < 4.78 is 79.9. The number of aliphatic carboxylic acids is 1. The minimum atomic E-state index is -5.67. The summed E-state index contributed by atoms with van der Waals surface area (Å²) in [5.41, 5.74) is 4.87. The number of methoxy groups -OCH3 is 2. The number of carboxylic acids is 1. The van der Waals surface area contributed by atoms with E-state index in [0.29, 0.717) is 45.1 Å². The van der Waals surface area contributed by atoms with E-state index in [1.54, 1.807) is 55.1 Å². The number of nitrogens with zero attached hydrogens (tertiary/aromatic N) is 7. The Labute approximate surface area is 672 Å². The van der Waals surface area contributed by atoms with E-state index in [2.05, 4.69) is 45.1 Å². The van der Waals surface area contributed by atoms with Crippen LogP contribution in [0.3, 0.4) is 0 Å². The summed E-state index contributed by atoms with van der Waals surface area (Å²) in [5.74, 6) is -7.43. The van der Waals surface area contributed by atoms with Gasteiger partial charge in [-0.25, -0.2) is 33.4 Å². The molecular formula is C71H115N12O28P3S. The Morgan fingerprint density at radius 3 is 2.11 bits per heavy atom. The summed E-state index contributed by atoms with van der Waals surface area (Å²) in [5, 5.41) is 41.4. The molecule has 2 aliphatic rings. The zero-order valence-corrected chi connectivity index (χ0v) is 70.5. The number of amides is 7. The van der Waals surface area contributed by atoms with Crippen LogP contribution in [0.2, 0.25) is 0 Å². The average Bonchev–Trinajstić information content (AvgIpc) is 1.60. The van der Waals surface area contributed by atoms with Gasteiger partial charge in [0.2, 0.25) is 41.4 Å². The normalized spacial score (nSPS) is 20.3. The number of hydrogen-bond donors (Lipinski definition) is 12. The van der Waals surface area contributed by atoms with Crippen molar-refractivity contribution in [2.45, 2.75) is 205 Å². The number of phosphoric acid groups is 3. The van der Waals surface area contributed by atoms with Crippen molar-refractivity contribution in [1.29, 1.82) is 0 Å². The summed E-state index contributed by atoms with van der Waals surface area (Å²) >= 11 is 1.07. The number of phosphoric ester groups is 3. The van der Waals surface area contributed by atoms with Crippen LogP contribution in [0.25, 0.3) is 11.2 Å². The van der Waals surface area contributed by atoms with Crippen molar-refractivity contribution in [3.8, 4) is 0 Å². The van der Waals surface area contributed by atoms with Crippen molar-refractivity contribution in [3.63, 3.8) is 0 Å². The van der Waals surface area contributed by atoms with Gasteiger partial charge in [-0.1, -0.05) is 105 Å². The molecule has 17 atom stereocenters. The third-order valence-electron chi connectivity index (χ3n) is 20.3. The molecule has 7 amide bonds. The Bertz CT molecular complexity index is 3880. The summed E-state index contributed by atoms with van der Waals surface area (Å²) in [7, 11) is -10.5. The van der Waals surface area contributed by atoms with Gasteiger partial charge >= 0.3 is 29.4 Å². The molecule has 40 nitrogen and oxygen atoms in total. The monoisotopic (exact) mass is 1710 g/mol. The Kier molecular flexibility index (Phi) is 39.3. The first kappa shape index (κ1) is 98.6. The van der Waals surface area contributed by atoms with Crippen molar-refractivity contribution in [2.75, 3.05) is 85.8 Å². The number of aromatic nitrogens is 4. The van der Waals surface area contributed by atoms with E-state index in [4.69, 9.17) is 33.7 Å². The Morgan fingerprint density at radius 1 is 0.826 bits per heavy atom. The molecule has 4 heterocycles. The number of benzene rings is 1. The molecule has 2 saturated heterocycles. The summed E-state index contributed by atoms with van der Waals surface area (Å²) in [4.78, 5) is 190. The number of ketones is 1. The third kappa shape index (κ3) is 29.5. The number of aliphatic hydroxyl groups excluding tert-OH is 2. The first-order valence-electron chi connectivity index (χ1n) is 37.8. The van der Waals surface area contributed by atoms with Crippen LogP contribution in [0, 0.1) is 35.0 Å². The fourth-order valence-corrected chi connectivity index (χ4v) is 17.5. The molecule has 13 N–H and O–H groups in total. The summed E-state index contributed by atoms with van der Waals surface area (Å²) in [6.45, 7) is 13.3. The number of thioether (sulfide) groups is 1. The standard InChI is InChI=1S/C71H115N12O28P3S/c1-14-43(6)58(50(104-12)34-55(88)82-30-21-24-48(82)60(105-13)44(7)65(91)79-47(70(95)96)32-45-22-17-15-18-23-45)81(11)68(94)46(41(2)3)33-49(85)57(42(4)5)80(10)54(87)25-19-16-20-27-74-66(92)52(36-106-40-84)115-31-29-73-53(86)26-28-75-67(93)62(90)71(8,9)37-108-114(102,103)111-113(100,101)107-35-51-61(110-112(97,98)99)59(89)69(109-51)83-39-78-56-63(72)76-38-77-64(56)83/h15,17-18,22-23,38-44,46-48,50-52,57-62,69,89-90H,14,16,19-21,24-37H2,1-13H3,(H,73,86)(H,74,92)(H,75,93)(H,79,91)(H,95,96)(H,100,101)(H,102,103)(H2,72,76,77)(H2,97,98,99). The molecule has 2 aliphatic heterocycles. The zero-order chi connectivity index (χ0) is 86.0. The molecule has 648 valence electrons. The quantitative estimate of drug-likeness (QED) is 0.0220. The predicted octanol–water partition coefficient (Wildman–Crippen LogP) is 2.80. The lowest BCUT2D eigenvalue weighted by Gasteiger charge is -2.41.